The molecule has 0 aliphatic heterocycles. The smallest absolute Gasteiger partial charge is 0.131 e. The molecule has 18 heavy (non-hydrogen) atoms. The van der Waals surface area contributed by atoms with E-state index in [4.69, 9.17) is 5.84 Å². The Morgan fingerprint density at radius 3 is 2.22 bits per heavy atom. The highest BCUT2D eigenvalue weighted by Gasteiger charge is 2.20. The summed E-state index contributed by atoms with van der Waals surface area (Å²) in [6, 6.07) is 10.4. The third-order valence-corrected chi connectivity index (χ3v) is 3.31. The van der Waals surface area contributed by atoms with E-state index in [0.717, 1.165) is 3.57 Å². The highest BCUT2D eigenvalue weighted by molar-refractivity contribution is 14.1. The molecule has 0 aromatic heterocycles. The monoisotopic (exact) mass is 360 g/mol. The van der Waals surface area contributed by atoms with E-state index >= 15 is 0 Å². The van der Waals surface area contributed by atoms with Gasteiger partial charge in [0.25, 0.3) is 0 Å². The van der Waals surface area contributed by atoms with Crippen LogP contribution < -0.4 is 11.3 Å². The van der Waals surface area contributed by atoms with E-state index in [9.17, 15) is 8.78 Å². The number of rotatable bonds is 3. The van der Waals surface area contributed by atoms with Crippen molar-refractivity contribution in [3.05, 3.63) is 68.8 Å². The lowest BCUT2D eigenvalue weighted by Crippen LogP contribution is -2.30. The Balaban J connectivity index is 2.52. The first-order chi connectivity index (χ1) is 8.63. The second-order valence-electron chi connectivity index (χ2n) is 3.79. The van der Waals surface area contributed by atoms with Crippen molar-refractivity contribution in [3.8, 4) is 0 Å². The van der Waals surface area contributed by atoms with Crippen LogP contribution in [0.1, 0.15) is 17.2 Å². The quantitative estimate of drug-likeness (QED) is 0.502. The van der Waals surface area contributed by atoms with Crippen LogP contribution in [-0.2, 0) is 0 Å². The maximum absolute atomic E-state index is 13.7. The number of hydrazine groups is 1. The Labute approximate surface area is 117 Å². The number of benzene rings is 2. The maximum Gasteiger partial charge on any atom is 0.131 e. The summed E-state index contributed by atoms with van der Waals surface area (Å²) in [6.45, 7) is 0. The van der Waals surface area contributed by atoms with Crippen molar-refractivity contribution in [2.75, 3.05) is 0 Å². The van der Waals surface area contributed by atoms with Crippen LogP contribution in [0.5, 0.6) is 0 Å². The van der Waals surface area contributed by atoms with Gasteiger partial charge in [0, 0.05) is 9.13 Å². The molecule has 0 radical (unpaired) electrons. The van der Waals surface area contributed by atoms with E-state index in [1.54, 1.807) is 6.07 Å². The van der Waals surface area contributed by atoms with Crippen molar-refractivity contribution in [3.63, 3.8) is 0 Å². The minimum Gasteiger partial charge on any atom is -0.271 e. The second kappa shape index (κ2) is 5.73. The summed E-state index contributed by atoms with van der Waals surface area (Å²) in [5, 5.41) is 0. The highest BCUT2D eigenvalue weighted by atomic mass is 127. The van der Waals surface area contributed by atoms with Crippen LogP contribution in [0.15, 0.2) is 42.5 Å². The van der Waals surface area contributed by atoms with E-state index in [1.165, 1.54) is 18.2 Å². The first-order valence-electron chi connectivity index (χ1n) is 5.29. The van der Waals surface area contributed by atoms with Crippen molar-refractivity contribution in [1.82, 2.24) is 5.43 Å². The molecule has 0 saturated carbocycles. The average molecular weight is 360 g/mol. The minimum atomic E-state index is -0.707. The standard InChI is InChI=1S/C13H11F2IN2/c14-10-5-2-6-11(15)12(10)13(18-17)8-3-1-4-9(16)7-8/h1-7,13,18H,17H2. The van der Waals surface area contributed by atoms with E-state index in [-0.39, 0.29) is 5.56 Å². The fraction of sp³-hybridized carbons (Fsp3) is 0.0769. The van der Waals surface area contributed by atoms with Crippen molar-refractivity contribution in [1.29, 1.82) is 0 Å². The van der Waals surface area contributed by atoms with Gasteiger partial charge in [-0.15, -0.1) is 0 Å². The molecule has 0 aliphatic rings. The number of nitrogens with one attached hydrogen (secondary N) is 1. The van der Waals surface area contributed by atoms with Gasteiger partial charge < -0.3 is 0 Å². The van der Waals surface area contributed by atoms with E-state index in [0.29, 0.717) is 5.56 Å². The zero-order valence-electron chi connectivity index (χ0n) is 9.33. The first-order valence-corrected chi connectivity index (χ1v) is 6.37. The molecule has 1 atom stereocenters. The Morgan fingerprint density at radius 2 is 1.67 bits per heavy atom. The van der Waals surface area contributed by atoms with Gasteiger partial charge in [-0.2, -0.15) is 0 Å². The third kappa shape index (κ3) is 2.68. The summed E-state index contributed by atoms with van der Waals surface area (Å²) >= 11 is 2.14. The number of hydrogen-bond acceptors (Lipinski definition) is 2. The zero-order valence-corrected chi connectivity index (χ0v) is 11.5. The van der Waals surface area contributed by atoms with Gasteiger partial charge in [-0.3, -0.25) is 5.84 Å². The molecule has 1 unspecified atom stereocenters. The molecule has 2 aromatic rings. The summed E-state index contributed by atoms with van der Waals surface area (Å²) < 4.78 is 28.4. The van der Waals surface area contributed by atoms with E-state index in [2.05, 4.69) is 28.0 Å². The van der Waals surface area contributed by atoms with Crippen LogP contribution in [0.25, 0.3) is 0 Å². The largest absolute Gasteiger partial charge is 0.271 e. The highest BCUT2D eigenvalue weighted by Crippen LogP contribution is 2.27. The lowest BCUT2D eigenvalue weighted by Gasteiger charge is -2.18. The van der Waals surface area contributed by atoms with Gasteiger partial charge in [-0.25, -0.2) is 14.2 Å². The molecule has 0 amide bonds. The van der Waals surface area contributed by atoms with Crippen molar-refractivity contribution >= 4 is 22.6 Å². The normalized spacial score (nSPS) is 12.4. The van der Waals surface area contributed by atoms with Gasteiger partial charge in [0.2, 0.25) is 0 Å². The van der Waals surface area contributed by atoms with E-state index < -0.39 is 17.7 Å². The second-order valence-corrected chi connectivity index (χ2v) is 5.04. The molecule has 3 N–H and O–H groups in total. The minimum absolute atomic E-state index is 0.0676. The molecule has 2 rings (SSSR count). The Morgan fingerprint density at radius 1 is 1.06 bits per heavy atom. The molecular formula is C13H11F2IN2. The van der Waals surface area contributed by atoms with E-state index in [1.807, 2.05) is 18.2 Å². The van der Waals surface area contributed by atoms with Gasteiger partial charge in [0.1, 0.15) is 11.6 Å². The fourth-order valence-electron chi connectivity index (χ4n) is 1.82. The lowest BCUT2D eigenvalue weighted by atomic mass is 9.98. The van der Waals surface area contributed by atoms with Crippen molar-refractivity contribution < 1.29 is 8.78 Å². The van der Waals surface area contributed by atoms with Crippen molar-refractivity contribution in [2.24, 2.45) is 5.84 Å². The third-order valence-electron chi connectivity index (χ3n) is 2.64. The number of hydrogen-bond donors (Lipinski definition) is 2. The summed E-state index contributed by atoms with van der Waals surface area (Å²) in [6.07, 6.45) is 0. The molecule has 0 heterocycles. The molecule has 2 nitrogen and oxygen atoms in total. The zero-order chi connectivity index (χ0) is 13.1. The van der Waals surface area contributed by atoms with Crippen LogP contribution in [0.4, 0.5) is 8.78 Å². The van der Waals surface area contributed by atoms with Crippen LogP contribution in [0.2, 0.25) is 0 Å². The lowest BCUT2D eigenvalue weighted by molar-refractivity contribution is 0.510. The predicted octanol–water partition coefficient (Wildman–Crippen LogP) is 3.12. The summed E-state index contributed by atoms with van der Waals surface area (Å²) in [7, 11) is 0. The SMILES string of the molecule is NNC(c1cccc(I)c1)c1c(F)cccc1F. The van der Waals surface area contributed by atoms with Gasteiger partial charge in [0.05, 0.1) is 6.04 Å². The van der Waals surface area contributed by atoms with Crippen LogP contribution in [0, 0.1) is 15.2 Å². The topological polar surface area (TPSA) is 38.0 Å². The molecule has 0 bridgehead atoms. The summed E-state index contributed by atoms with van der Waals surface area (Å²) in [5.74, 6) is 4.21. The predicted molar refractivity (Wildman–Crippen MR) is 74.7 cm³/mol. The van der Waals surface area contributed by atoms with Crippen LogP contribution in [0.3, 0.4) is 0 Å². The molecule has 94 valence electrons. The number of nitrogens with two attached hydrogens (primary N) is 1. The summed E-state index contributed by atoms with van der Waals surface area (Å²) in [5.41, 5.74) is 3.11. The molecular weight excluding hydrogens is 349 g/mol. The molecule has 0 fully saturated rings. The fourth-order valence-corrected chi connectivity index (χ4v) is 2.39. The van der Waals surface area contributed by atoms with Crippen LogP contribution in [-0.4, -0.2) is 0 Å². The molecule has 0 spiro atoms. The average Bonchev–Trinajstić information content (AvgIpc) is 2.34. The maximum atomic E-state index is 13.7. The van der Waals surface area contributed by atoms with Gasteiger partial charge in [-0.1, -0.05) is 18.2 Å². The number of halogens is 3. The first kappa shape index (κ1) is 13.4. The Hall–Kier alpha value is -1.05. The summed E-state index contributed by atoms with van der Waals surface area (Å²) in [4.78, 5) is 0. The van der Waals surface area contributed by atoms with Crippen LogP contribution >= 0.6 is 22.6 Å². The molecule has 5 heteroatoms. The van der Waals surface area contributed by atoms with Gasteiger partial charge in [-0.05, 0) is 52.4 Å². The van der Waals surface area contributed by atoms with Gasteiger partial charge in [0.15, 0.2) is 0 Å². The molecule has 2 aromatic carbocycles. The van der Waals surface area contributed by atoms with Crippen molar-refractivity contribution in [2.45, 2.75) is 6.04 Å². The molecule has 0 saturated heterocycles. The Bertz CT molecular complexity index is 540. The molecule has 0 aliphatic carbocycles. The Kier molecular flexibility index (Phi) is 4.26. The van der Waals surface area contributed by atoms with Gasteiger partial charge >= 0.3 is 0 Å².